The molecule has 1 fully saturated rings. The molecule has 1 aromatic rings. The number of esters is 1. The lowest BCUT2D eigenvalue weighted by Crippen LogP contribution is -2.34. The first-order chi connectivity index (χ1) is 8.70. The number of rotatable bonds is 3. The van der Waals surface area contributed by atoms with E-state index in [1.165, 1.54) is 12.4 Å². The Hall–Kier alpha value is -1.98. The van der Waals surface area contributed by atoms with Crippen molar-refractivity contribution in [1.29, 1.82) is 0 Å². The summed E-state index contributed by atoms with van der Waals surface area (Å²) in [5.74, 6) is 0.405. The van der Waals surface area contributed by atoms with Crippen LogP contribution in [0.25, 0.3) is 0 Å². The molecular formula is C12H15N3O3. The number of ether oxygens (including phenoxy) is 1. The van der Waals surface area contributed by atoms with E-state index in [4.69, 9.17) is 4.74 Å². The Kier molecular flexibility index (Phi) is 3.86. The molecule has 0 bridgehead atoms. The average molecular weight is 249 g/mol. The Balaban J connectivity index is 2.03. The molecule has 1 aliphatic rings. The van der Waals surface area contributed by atoms with E-state index >= 15 is 0 Å². The van der Waals surface area contributed by atoms with Gasteiger partial charge < -0.3 is 9.64 Å². The fraction of sp³-hybridized carbons (Fsp3) is 0.500. The largest absolute Gasteiger partial charge is 0.462 e. The SMILES string of the molecule is CCOC(=O)c1cnc(N2CCC(=O)CC2)nc1. The van der Waals surface area contributed by atoms with Crippen molar-refractivity contribution < 1.29 is 14.3 Å². The van der Waals surface area contributed by atoms with E-state index in [-0.39, 0.29) is 5.78 Å². The predicted molar refractivity (Wildman–Crippen MR) is 64.4 cm³/mol. The highest BCUT2D eigenvalue weighted by atomic mass is 16.5. The van der Waals surface area contributed by atoms with Crippen LogP contribution in [0.1, 0.15) is 30.1 Å². The molecule has 0 atom stereocenters. The highest BCUT2D eigenvalue weighted by molar-refractivity contribution is 5.88. The van der Waals surface area contributed by atoms with E-state index in [9.17, 15) is 9.59 Å². The van der Waals surface area contributed by atoms with Crippen molar-refractivity contribution in [3.8, 4) is 0 Å². The second-order valence-corrected chi connectivity index (χ2v) is 4.02. The third kappa shape index (κ3) is 2.82. The van der Waals surface area contributed by atoms with Crippen molar-refractivity contribution in [2.75, 3.05) is 24.6 Å². The van der Waals surface area contributed by atoms with Crippen LogP contribution in [0, 0.1) is 0 Å². The van der Waals surface area contributed by atoms with Gasteiger partial charge in [-0.05, 0) is 6.92 Å². The van der Waals surface area contributed by atoms with Gasteiger partial charge in [-0.3, -0.25) is 4.79 Å². The predicted octanol–water partition coefficient (Wildman–Crippen LogP) is 0.823. The molecule has 18 heavy (non-hydrogen) atoms. The van der Waals surface area contributed by atoms with E-state index in [1.807, 2.05) is 4.90 Å². The van der Waals surface area contributed by atoms with Gasteiger partial charge in [0.25, 0.3) is 0 Å². The minimum absolute atomic E-state index is 0.273. The maximum atomic E-state index is 11.4. The zero-order valence-electron chi connectivity index (χ0n) is 10.3. The number of carbonyl (C=O) groups excluding carboxylic acids is 2. The molecule has 2 heterocycles. The summed E-state index contributed by atoms with van der Waals surface area (Å²) in [5.41, 5.74) is 0.341. The van der Waals surface area contributed by atoms with Gasteiger partial charge in [0.15, 0.2) is 0 Å². The number of Topliss-reactive ketones (excluding diaryl/α,β-unsaturated/α-hetero) is 1. The lowest BCUT2D eigenvalue weighted by atomic mass is 10.1. The van der Waals surface area contributed by atoms with Gasteiger partial charge in [0.05, 0.1) is 12.2 Å². The van der Waals surface area contributed by atoms with Crippen molar-refractivity contribution in [3.05, 3.63) is 18.0 Å². The lowest BCUT2D eigenvalue weighted by Gasteiger charge is -2.25. The standard InChI is InChI=1S/C12H15N3O3/c1-2-18-11(17)9-7-13-12(14-8-9)15-5-3-10(16)4-6-15/h7-8H,2-6H2,1H3. The maximum absolute atomic E-state index is 11.4. The Morgan fingerprint density at radius 2 is 1.94 bits per heavy atom. The van der Waals surface area contributed by atoms with Crippen LogP contribution in [0.4, 0.5) is 5.95 Å². The van der Waals surface area contributed by atoms with Crippen LogP contribution in [0.2, 0.25) is 0 Å². The number of ketones is 1. The van der Waals surface area contributed by atoms with Gasteiger partial charge in [-0.25, -0.2) is 14.8 Å². The number of hydrogen-bond donors (Lipinski definition) is 0. The van der Waals surface area contributed by atoms with Crippen molar-refractivity contribution in [3.63, 3.8) is 0 Å². The molecule has 1 aromatic heterocycles. The summed E-state index contributed by atoms with van der Waals surface area (Å²) < 4.78 is 4.85. The maximum Gasteiger partial charge on any atom is 0.341 e. The Morgan fingerprint density at radius 1 is 1.33 bits per heavy atom. The van der Waals surface area contributed by atoms with Gasteiger partial charge in [0.1, 0.15) is 5.78 Å². The molecule has 96 valence electrons. The number of hydrogen-bond acceptors (Lipinski definition) is 6. The summed E-state index contributed by atoms with van der Waals surface area (Å²) in [6.45, 7) is 3.35. The Morgan fingerprint density at radius 3 is 2.50 bits per heavy atom. The van der Waals surface area contributed by atoms with Gasteiger partial charge in [-0.2, -0.15) is 0 Å². The summed E-state index contributed by atoms with van der Waals surface area (Å²) in [6.07, 6.45) is 3.97. The molecule has 1 aliphatic heterocycles. The van der Waals surface area contributed by atoms with Crippen molar-refractivity contribution >= 4 is 17.7 Å². The summed E-state index contributed by atoms with van der Waals surface area (Å²) in [6, 6.07) is 0. The number of piperidine rings is 1. The van der Waals surface area contributed by atoms with E-state index in [0.29, 0.717) is 44.0 Å². The summed E-state index contributed by atoms with van der Waals surface area (Å²) in [5, 5.41) is 0. The highest BCUT2D eigenvalue weighted by Gasteiger charge is 2.18. The monoisotopic (exact) mass is 249 g/mol. The molecule has 0 aliphatic carbocycles. The van der Waals surface area contributed by atoms with Crippen LogP contribution >= 0.6 is 0 Å². The lowest BCUT2D eigenvalue weighted by molar-refractivity contribution is -0.119. The molecule has 1 saturated heterocycles. The fourth-order valence-corrected chi connectivity index (χ4v) is 1.76. The molecule has 0 unspecified atom stereocenters. The topological polar surface area (TPSA) is 72.4 Å². The van der Waals surface area contributed by atoms with Gasteiger partial charge >= 0.3 is 5.97 Å². The zero-order chi connectivity index (χ0) is 13.0. The first-order valence-corrected chi connectivity index (χ1v) is 5.96. The molecule has 6 nitrogen and oxygen atoms in total. The van der Waals surface area contributed by atoms with E-state index in [2.05, 4.69) is 9.97 Å². The highest BCUT2D eigenvalue weighted by Crippen LogP contribution is 2.13. The molecule has 0 aromatic carbocycles. The third-order valence-corrected chi connectivity index (χ3v) is 2.75. The third-order valence-electron chi connectivity index (χ3n) is 2.75. The van der Waals surface area contributed by atoms with Crippen LogP contribution in [0.5, 0.6) is 0 Å². The molecule has 0 spiro atoms. The summed E-state index contributed by atoms with van der Waals surface area (Å²) in [4.78, 5) is 32.7. The summed E-state index contributed by atoms with van der Waals surface area (Å²) >= 11 is 0. The van der Waals surface area contributed by atoms with Gasteiger partial charge in [-0.1, -0.05) is 0 Å². The Labute approximate surface area is 105 Å². The second-order valence-electron chi connectivity index (χ2n) is 4.02. The van der Waals surface area contributed by atoms with Crippen molar-refractivity contribution in [2.24, 2.45) is 0 Å². The molecule has 0 saturated carbocycles. The van der Waals surface area contributed by atoms with E-state index in [0.717, 1.165) is 0 Å². The first-order valence-electron chi connectivity index (χ1n) is 5.96. The second kappa shape index (κ2) is 5.57. The molecule has 2 rings (SSSR count). The molecule has 0 N–H and O–H groups in total. The molecule has 0 amide bonds. The van der Waals surface area contributed by atoms with E-state index in [1.54, 1.807) is 6.92 Å². The smallest absolute Gasteiger partial charge is 0.341 e. The first kappa shape index (κ1) is 12.5. The quantitative estimate of drug-likeness (QED) is 0.738. The van der Waals surface area contributed by atoms with Gasteiger partial charge in [-0.15, -0.1) is 0 Å². The molecular weight excluding hydrogens is 234 g/mol. The van der Waals surface area contributed by atoms with Crippen molar-refractivity contribution in [1.82, 2.24) is 9.97 Å². The van der Waals surface area contributed by atoms with E-state index < -0.39 is 5.97 Å². The number of carbonyl (C=O) groups is 2. The van der Waals surface area contributed by atoms with Gasteiger partial charge in [0.2, 0.25) is 5.95 Å². The zero-order valence-corrected chi connectivity index (χ0v) is 10.3. The van der Waals surface area contributed by atoms with Crippen LogP contribution in [0.3, 0.4) is 0 Å². The van der Waals surface area contributed by atoms with Crippen molar-refractivity contribution in [2.45, 2.75) is 19.8 Å². The molecule has 6 heteroatoms. The number of anilines is 1. The van der Waals surface area contributed by atoms with Gasteiger partial charge in [0, 0.05) is 38.3 Å². The van der Waals surface area contributed by atoms with Crippen LogP contribution in [-0.2, 0) is 9.53 Å². The normalized spacial score (nSPS) is 15.6. The van der Waals surface area contributed by atoms with Crippen LogP contribution in [0.15, 0.2) is 12.4 Å². The molecule has 0 radical (unpaired) electrons. The van der Waals surface area contributed by atoms with Crippen LogP contribution in [-0.4, -0.2) is 41.4 Å². The number of aromatic nitrogens is 2. The average Bonchev–Trinajstić information content (AvgIpc) is 2.40. The Bertz CT molecular complexity index is 434. The van der Waals surface area contributed by atoms with Crippen LogP contribution < -0.4 is 4.90 Å². The minimum atomic E-state index is -0.419. The number of nitrogens with zero attached hydrogens (tertiary/aromatic N) is 3. The summed E-state index contributed by atoms with van der Waals surface area (Å²) in [7, 11) is 0. The fourth-order valence-electron chi connectivity index (χ4n) is 1.76. The minimum Gasteiger partial charge on any atom is -0.462 e.